The lowest BCUT2D eigenvalue weighted by atomic mass is 9.93. The van der Waals surface area contributed by atoms with Crippen LogP contribution in [0.2, 0.25) is 0 Å². The third-order valence-electron chi connectivity index (χ3n) is 14.1. The van der Waals surface area contributed by atoms with Crippen LogP contribution in [0.3, 0.4) is 0 Å². The Morgan fingerprint density at radius 1 is 0.476 bits per heavy atom. The lowest BCUT2D eigenvalue weighted by Crippen LogP contribution is -2.29. The highest BCUT2D eigenvalue weighted by atomic mass is 35.5. The molecule has 23 nitrogen and oxygen atoms in total. The van der Waals surface area contributed by atoms with E-state index in [4.69, 9.17) is 60.1 Å². The van der Waals surface area contributed by atoms with Crippen LogP contribution in [0.1, 0.15) is 170 Å². The van der Waals surface area contributed by atoms with E-state index >= 15 is 0 Å². The van der Waals surface area contributed by atoms with E-state index in [-0.39, 0.29) is 37.9 Å². The minimum atomic E-state index is -0.993. The number of likely N-dealkylation sites (N-methyl/N-ethyl adjacent to an activating group) is 1. The van der Waals surface area contributed by atoms with E-state index < -0.39 is 24.2 Å². The number of phenolic OH excluding ortho intramolecular Hbond substituents is 1. The fourth-order valence-corrected chi connectivity index (χ4v) is 9.65. The van der Waals surface area contributed by atoms with E-state index in [9.17, 15) is 24.6 Å². The molecule has 24 heteroatoms. The second kappa shape index (κ2) is 61.8. The largest absolute Gasteiger partial charge is 0.508 e. The van der Waals surface area contributed by atoms with Gasteiger partial charge in [0, 0.05) is 0 Å². The number of halogens is 1. The van der Waals surface area contributed by atoms with Crippen molar-refractivity contribution in [1.82, 2.24) is 5.32 Å². The van der Waals surface area contributed by atoms with Gasteiger partial charge in [0.2, 0.25) is 12.6 Å². The summed E-state index contributed by atoms with van der Waals surface area (Å²) in [5, 5.41) is 49.1. The fraction of sp³-hybridized carbons (Fsp3) is 0.506. The van der Waals surface area contributed by atoms with Crippen molar-refractivity contribution < 1.29 is 73.1 Å². The SMILES string of the molecule is CC.CC.CN.CN.CN.CN.CN.CN.CN.CNCC(O)Oc1ccc(Cc2c(C)cc(OCC(=O)O)cc2C)cc1C(C)C.Cc1cc(OCC(=O)O)cc(C)c1Cc1ccc(O)c(C(C)C)c1.Cc1cc(OCC(=O)O)cc(C)c1Cc1ccc(OC2CO2)c(C(C)C)c1.ClCC1CO1. The molecule has 2 fully saturated rings. The molecule has 6 aromatic rings. The number of rotatable bonds is 25. The van der Waals surface area contributed by atoms with Crippen molar-refractivity contribution >= 4 is 29.5 Å². The van der Waals surface area contributed by atoms with E-state index in [0.717, 1.165) is 87.3 Å². The van der Waals surface area contributed by atoms with Crippen molar-refractivity contribution in [2.45, 2.75) is 166 Å². The summed E-state index contributed by atoms with van der Waals surface area (Å²) in [7, 11) is 12.3. The van der Waals surface area contributed by atoms with Gasteiger partial charge in [-0.1, -0.05) is 106 Å². The van der Waals surface area contributed by atoms with E-state index in [1.807, 2.05) is 136 Å². The Bertz CT molecular complexity index is 3170. The zero-order valence-electron chi connectivity index (χ0n) is 66.4. The number of aliphatic carboxylic acids is 3. The number of carbonyl (C=O) groups is 3. The van der Waals surface area contributed by atoms with Crippen LogP contribution in [-0.4, -0.2) is 164 Å². The first-order chi connectivity index (χ1) is 49.2. The average Bonchev–Trinajstić information content (AvgIpc) is 1.75. The zero-order chi connectivity index (χ0) is 80.7. The number of alkyl halides is 1. The number of carboxylic acids is 3. The number of carboxylic acid groups (broad SMARTS) is 3. The molecule has 20 N–H and O–H groups in total. The quantitative estimate of drug-likeness (QED) is 0.0144. The Morgan fingerprint density at radius 3 is 1.01 bits per heavy atom. The average molecular weight is 1470 g/mol. The van der Waals surface area contributed by atoms with E-state index in [1.165, 1.54) is 77.2 Å². The molecular formula is C79H133ClN8O15. The van der Waals surface area contributed by atoms with Gasteiger partial charge in [0.25, 0.3) is 0 Å². The molecule has 0 aliphatic carbocycles. The smallest absolute Gasteiger partial charge is 0.341 e. The van der Waals surface area contributed by atoms with Gasteiger partial charge < -0.3 is 104 Å². The van der Waals surface area contributed by atoms with Crippen molar-refractivity contribution in [3.63, 3.8) is 0 Å². The van der Waals surface area contributed by atoms with E-state index in [2.05, 4.69) is 105 Å². The molecular weight excluding hydrogens is 1340 g/mol. The first kappa shape index (κ1) is 104. The molecule has 3 unspecified atom stereocenters. The maximum absolute atomic E-state index is 10.7. The van der Waals surface area contributed by atoms with Crippen molar-refractivity contribution in [3.8, 4) is 34.5 Å². The van der Waals surface area contributed by atoms with Gasteiger partial charge in [0.1, 0.15) is 41.1 Å². The third-order valence-corrected chi connectivity index (χ3v) is 14.5. The number of hydrogen-bond donors (Lipinski definition) is 13. The Hall–Kier alpha value is -7.62. The van der Waals surface area contributed by atoms with Gasteiger partial charge in [-0.15, -0.1) is 11.6 Å². The Morgan fingerprint density at radius 2 is 0.757 bits per heavy atom. The summed E-state index contributed by atoms with van der Waals surface area (Å²) in [6.45, 7) is 33.6. The fourth-order valence-electron chi connectivity index (χ4n) is 9.47. The van der Waals surface area contributed by atoms with Crippen LogP contribution in [0.4, 0.5) is 0 Å². The van der Waals surface area contributed by atoms with Gasteiger partial charge in [0.15, 0.2) is 19.8 Å². The number of phenols is 1. The van der Waals surface area contributed by atoms with Gasteiger partial charge in [0.05, 0.1) is 25.1 Å². The molecule has 0 bridgehead atoms. The second-order valence-electron chi connectivity index (χ2n) is 22.4. The number of benzene rings is 6. The predicted octanol–water partition coefficient (Wildman–Crippen LogP) is 11.5. The van der Waals surface area contributed by atoms with E-state index in [1.54, 1.807) is 13.1 Å². The maximum Gasteiger partial charge on any atom is 0.341 e. The van der Waals surface area contributed by atoms with Gasteiger partial charge in [-0.3, -0.25) is 0 Å². The molecule has 2 aliphatic rings. The standard InChI is InChI=1S/C23H31NO5.C22H26O5.C20H24O4.C3H5ClO.2C2H6.7CH5N/c1-14(2)19-10-17(6-7-21(19)29-23(27)12-24-5)11-20-15(3)8-18(9-16(20)4)28-13-22(25)26;1-13(2)18-9-16(5-6-20(18)27-22-12-26-22)10-19-14(3)7-17(8-15(19)4)25-11-21(23)24;1-12(2)17-9-15(5-6-19(17)21)10-18-13(3)7-16(8-14(18)4)24-11-20(22)23;4-1-3-2-5-3;9*1-2/h6-10,14,23-24,27H,11-13H2,1-5H3,(H,25,26);5-9,13,22H,10-12H2,1-4H3,(H,23,24);5-9,12,21H,10-11H2,1-4H3,(H,22,23);3H,1-2H2;2*1-2H3;7*2H2,1H3. The predicted molar refractivity (Wildman–Crippen MR) is 424 cm³/mol. The molecule has 6 aromatic carbocycles. The molecule has 2 heterocycles. The maximum atomic E-state index is 10.7. The molecule has 586 valence electrons. The minimum absolute atomic E-state index is 0.101. The lowest BCUT2D eigenvalue weighted by molar-refractivity contribution is -0.140. The molecule has 3 atom stereocenters. The topological polar surface area (TPSA) is 418 Å². The molecule has 2 aliphatic heterocycles. The van der Waals surface area contributed by atoms with Crippen molar-refractivity contribution in [2.24, 2.45) is 40.1 Å². The van der Waals surface area contributed by atoms with Crippen LogP contribution in [0.5, 0.6) is 34.5 Å². The van der Waals surface area contributed by atoms with Crippen LogP contribution < -0.4 is 69.1 Å². The number of epoxide rings is 2. The van der Waals surface area contributed by atoms with Gasteiger partial charge in [-0.2, -0.15) is 0 Å². The molecule has 8 rings (SSSR count). The van der Waals surface area contributed by atoms with Crippen LogP contribution in [0.25, 0.3) is 0 Å². The number of aryl methyl sites for hydroxylation is 6. The molecule has 2 saturated heterocycles. The van der Waals surface area contributed by atoms with Crippen molar-refractivity contribution in [1.29, 1.82) is 0 Å². The molecule has 0 amide bonds. The molecule has 0 saturated carbocycles. The third kappa shape index (κ3) is 42.7. The Balaban J connectivity index is -0.000000406. The molecule has 0 spiro atoms. The normalized spacial score (nSPS) is 12.2. The molecule has 0 radical (unpaired) electrons. The summed E-state index contributed by atoms with van der Waals surface area (Å²) in [5.41, 5.74) is 48.2. The summed E-state index contributed by atoms with van der Waals surface area (Å²) in [4.78, 5) is 32.0. The van der Waals surface area contributed by atoms with Crippen molar-refractivity contribution in [3.05, 3.63) is 174 Å². The van der Waals surface area contributed by atoms with Gasteiger partial charge in [-0.25, -0.2) is 14.4 Å². The summed E-state index contributed by atoms with van der Waals surface area (Å²) in [6.07, 6.45) is 1.71. The summed E-state index contributed by atoms with van der Waals surface area (Å²) in [6, 6.07) is 29.4. The number of ether oxygens (including phenoxy) is 7. The minimum Gasteiger partial charge on any atom is -0.508 e. The number of hydrogen-bond acceptors (Lipinski definition) is 20. The lowest BCUT2D eigenvalue weighted by Gasteiger charge is -2.19. The monoisotopic (exact) mass is 1470 g/mol. The van der Waals surface area contributed by atoms with Crippen LogP contribution in [0, 0.1) is 41.5 Å². The highest BCUT2D eigenvalue weighted by Crippen LogP contribution is 2.35. The highest BCUT2D eigenvalue weighted by Gasteiger charge is 2.26. The van der Waals surface area contributed by atoms with Crippen molar-refractivity contribution in [2.75, 3.05) is 102 Å². The summed E-state index contributed by atoms with van der Waals surface area (Å²) >= 11 is 5.27. The van der Waals surface area contributed by atoms with Crippen LogP contribution in [0.15, 0.2) is 91.0 Å². The zero-order valence-corrected chi connectivity index (χ0v) is 67.2. The van der Waals surface area contributed by atoms with Crippen LogP contribution in [-0.2, 0) is 43.1 Å². The van der Waals surface area contributed by atoms with E-state index in [0.29, 0.717) is 59.8 Å². The molecule has 0 aromatic heterocycles. The number of aliphatic hydroxyl groups is 1. The second-order valence-corrected chi connectivity index (χ2v) is 22.7. The van der Waals surface area contributed by atoms with Crippen LogP contribution >= 0.6 is 11.6 Å². The number of nitrogens with two attached hydrogens (primary N) is 7. The Kier molecular flexibility index (Phi) is 62.4. The molecule has 103 heavy (non-hydrogen) atoms. The Labute approximate surface area is 622 Å². The van der Waals surface area contributed by atoms with Gasteiger partial charge >= 0.3 is 17.9 Å². The highest BCUT2D eigenvalue weighted by molar-refractivity contribution is 6.18. The number of nitrogens with one attached hydrogen (secondary N) is 1. The first-order valence-corrected chi connectivity index (χ1v) is 35.2. The summed E-state index contributed by atoms with van der Waals surface area (Å²) in [5.74, 6) is 2.22. The van der Waals surface area contributed by atoms with Gasteiger partial charge in [-0.05, 0) is 273 Å². The summed E-state index contributed by atoms with van der Waals surface area (Å²) < 4.78 is 37.3. The number of aromatic hydroxyl groups is 1. The first-order valence-electron chi connectivity index (χ1n) is 34.7. The number of aliphatic hydroxyl groups excluding tert-OH is 1.